The van der Waals surface area contributed by atoms with Crippen LogP contribution in [0, 0.1) is 6.92 Å². The largest absolute Gasteiger partial charge is 0.508 e. The second-order valence-corrected chi connectivity index (χ2v) is 5.51. The molecule has 2 amide bonds. The van der Waals surface area contributed by atoms with Gasteiger partial charge in [-0.25, -0.2) is 5.43 Å². The fraction of sp³-hybridized carbons (Fsp3) is 0.118. The van der Waals surface area contributed by atoms with E-state index in [1.807, 2.05) is 6.92 Å². The molecular formula is C17H16ClN3O3. The number of hydrazone groups is 1. The number of halogens is 1. The van der Waals surface area contributed by atoms with E-state index in [4.69, 9.17) is 11.6 Å². The molecule has 2 aromatic carbocycles. The molecule has 0 aromatic heterocycles. The first-order valence-electron chi connectivity index (χ1n) is 7.08. The summed E-state index contributed by atoms with van der Waals surface area (Å²) in [6.07, 6.45) is 0. The molecule has 124 valence electrons. The van der Waals surface area contributed by atoms with Gasteiger partial charge in [-0.1, -0.05) is 17.7 Å². The van der Waals surface area contributed by atoms with Crippen molar-refractivity contribution in [1.82, 2.24) is 5.43 Å². The van der Waals surface area contributed by atoms with Gasteiger partial charge in [-0.15, -0.1) is 0 Å². The number of carbonyl (C=O) groups is 2. The molecule has 0 heterocycles. The van der Waals surface area contributed by atoms with Gasteiger partial charge >= 0.3 is 11.8 Å². The Morgan fingerprint density at radius 2 is 1.75 bits per heavy atom. The molecule has 0 spiro atoms. The molecule has 2 rings (SSSR count). The Morgan fingerprint density at radius 3 is 2.38 bits per heavy atom. The molecule has 0 unspecified atom stereocenters. The van der Waals surface area contributed by atoms with Crippen LogP contribution in [0.2, 0.25) is 5.02 Å². The fourth-order valence-corrected chi connectivity index (χ4v) is 1.99. The Morgan fingerprint density at radius 1 is 1.08 bits per heavy atom. The molecule has 0 saturated heterocycles. The summed E-state index contributed by atoms with van der Waals surface area (Å²) in [5, 5.41) is 16.0. The SMILES string of the molecule is CC(=NNC(=O)C(=O)Nc1ccc(C)c(Cl)c1)c1ccc(O)cc1. The first-order chi connectivity index (χ1) is 11.4. The topological polar surface area (TPSA) is 90.8 Å². The van der Waals surface area contributed by atoms with Crippen LogP contribution in [0.3, 0.4) is 0 Å². The number of benzene rings is 2. The van der Waals surface area contributed by atoms with Crippen LogP contribution in [0.25, 0.3) is 0 Å². The number of hydrogen-bond acceptors (Lipinski definition) is 4. The number of carbonyl (C=O) groups excluding carboxylic acids is 2. The van der Waals surface area contributed by atoms with Gasteiger partial charge in [0.05, 0.1) is 5.71 Å². The predicted molar refractivity (Wildman–Crippen MR) is 93.3 cm³/mol. The average Bonchev–Trinajstić information content (AvgIpc) is 2.56. The quantitative estimate of drug-likeness (QED) is 0.454. The highest BCUT2D eigenvalue weighted by Crippen LogP contribution is 2.19. The predicted octanol–water partition coefficient (Wildman–Crippen LogP) is 2.83. The zero-order valence-corrected chi connectivity index (χ0v) is 13.9. The van der Waals surface area contributed by atoms with Gasteiger partial charge < -0.3 is 10.4 Å². The van der Waals surface area contributed by atoms with Crippen molar-refractivity contribution >= 4 is 34.8 Å². The summed E-state index contributed by atoms with van der Waals surface area (Å²) in [4.78, 5) is 23.6. The fourth-order valence-electron chi connectivity index (χ4n) is 1.81. The minimum atomic E-state index is -0.898. The third kappa shape index (κ3) is 4.57. The number of phenolic OH excluding ortho intramolecular Hbond substituents is 1. The van der Waals surface area contributed by atoms with Crippen LogP contribution in [0.5, 0.6) is 5.75 Å². The summed E-state index contributed by atoms with van der Waals surface area (Å²) in [7, 11) is 0. The Hall–Kier alpha value is -2.86. The molecule has 0 saturated carbocycles. The number of rotatable bonds is 3. The number of hydrogen-bond donors (Lipinski definition) is 3. The van der Waals surface area contributed by atoms with Gasteiger partial charge in [-0.3, -0.25) is 9.59 Å². The number of anilines is 1. The summed E-state index contributed by atoms with van der Waals surface area (Å²) < 4.78 is 0. The normalized spacial score (nSPS) is 11.0. The minimum absolute atomic E-state index is 0.131. The van der Waals surface area contributed by atoms with Gasteiger partial charge in [0, 0.05) is 10.7 Å². The second-order valence-electron chi connectivity index (χ2n) is 5.10. The third-order valence-corrected chi connectivity index (χ3v) is 3.65. The summed E-state index contributed by atoms with van der Waals surface area (Å²) >= 11 is 5.97. The van der Waals surface area contributed by atoms with E-state index < -0.39 is 11.8 Å². The molecule has 0 bridgehead atoms. The molecule has 0 radical (unpaired) electrons. The first-order valence-corrected chi connectivity index (χ1v) is 7.46. The summed E-state index contributed by atoms with van der Waals surface area (Å²) in [6.45, 7) is 3.51. The lowest BCUT2D eigenvalue weighted by molar-refractivity contribution is -0.136. The van der Waals surface area contributed by atoms with Gasteiger partial charge in [-0.2, -0.15) is 5.10 Å². The highest BCUT2D eigenvalue weighted by atomic mass is 35.5. The van der Waals surface area contributed by atoms with E-state index in [1.165, 1.54) is 12.1 Å². The molecule has 7 heteroatoms. The Balaban J connectivity index is 1.98. The lowest BCUT2D eigenvalue weighted by Crippen LogP contribution is -2.32. The van der Waals surface area contributed by atoms with E-state index in [9.17, 15) is 14.7 Å². The first kappa shape index (κ1) is 17.5. The third-order valence-electron chi connectivity index (χ3n) is 3.25. The average molecular weight is 346 g/mol. The van der Waals surface area contributed by atoms with Gasteiger partial charge in [0.2, 0.25) is 0 Å². The minimum Gasteiger partial charge on any atom is -0.508 e. The molecule has 24 heavy (non-hydrogen) atoms. The molecule has 2 aromatic rings. The molecule has 0 atom stereocenters. The van der Waals surface area contributed by atoms with Crippen LogP contribution >= 0.6 is 11.6 Å². The number of nitrogens with one attached hydrogen (secondary N) is 2. The number of aryl methyl sites for hydroxylation is 1. The summed E-state index contributed by atoms with van der Waals surface area (Å²) in [5.41, 5.74) is 4.68. The van der Waals surface area contributed by atoms with Gasteiger partial charge in [0.1, 0.15) is 5.75 Å². The molecule has 0 aliphatic rings. The molecule has 0 aliphatic carbocycles. The maximum atomic E-state index is 11.8. The zero-order chi connectivity index (χ0) is 17.7. The maximum absolute atomic E-state index is 11.8. The Kier molecular flexibility index (Phi) is 5.55. The van der Waals surface area contributed by atoms with E-state index in [0.717, 1.165) is 5.56 Å². The zero-order valence-electron chi connectivity index (χ0n) is 13.1. The van der Waals surface area contributed by atoms with Crippen LogP contribution in [-0.4, -0.2) is 22.6 Å². The Labute approximate surface area is 144 Å². The molecule has 0 aliphatic heterocycles. The number of aromatic hydroxyl groups is 1. The second kappa shape index (κ2) is 7.61. The highest BCUT2D eigenvalue weighted by molar-refractivity contribution is 6.40. The molecule has 6 nitrogen and oxygen atoms in total. The smallest absolute Gasteiger partial charge is 0.329 e. The monoisotopic (exact) mass is 345 g/mol. The van der Waals surface area contributed by atoms with Crippen LogP contribution < -0.4 is 10.7 Å². The van der Waals surface area contributed by atoms with Crippen LogP contribution in [0.1, 0.15) is 18.1 Å². The van der Waals surface area contributed by atoms with Crippen molar-refractivity contribution in [2.75, 3.05) is 5.32 Å². The van der Waals surface area contributed by atoms with Crippen molar-refractivity contribution in [3.8, 4) is 5.75 Å². The summed E-state index contributed by atoms with van der Waals surface area (Å²) in [6, 6.07) is 11.3. The highest BCUT2D eigenvalue weighted by Gasteiger charge is 2.13. The number of phenols is 1. The number of amides is 2. The summed E-state index contributed by atoms with van der Waals surface area (Å²) in [5.74, 6) is -1.62. The molecular weight excluding hydrogens is 330 g/mol. The van der Waals surface area contributed by atoms with Crippen molar-refractivity contribution < 1.29 is 14.7 Å². The van der Waals surface area contributed by atoms with Gasteiger partial charge in [0.25, 0.3) is 0 Å². The van der Waals surface area contributed by atoms with E-state index in [2.05, 4.69) is 15.8 Å². The van der Waals surface area contributed by atoms with Crippen molar-refractivity contribution in [1.29, 1.82) is 0 Å². The standard InChI is InChI=1S/C17H16ClN3O3/c1-10-3-6-13(9-15(10)18)19-16(23)17(24)21-20-11(2)12-4-7-14(22)8-5-12/h3-9,22H,1-2H3,(H,19,23)(H,21,24). The van der Waals surface area contributed by atoms with Crippen molar-refractivity contribution in [3.63, 3.8) is 0 Å². The van der Waals surface area contributed by atoms with E-state index in [1.54, 1.807) is 37.3 Å². The molecule has 3 N–H and O–H groups in total. The number of nitrogens with zero attached hydrogens (tertiary/aromatic N) is 1. The van der Waals surface area contributed by atoms with Gasteiger partial charge in [0.15, 0.2) is 0 Å². The van der Waals surface area contributed by atoms with Crippen LogP contribution in [0.4, 0.5) is 5.69 Å². The Bertz CT molecular complexity index is 801. The van der Waals surface area contributed by atoms with Crippen LogP contribution in [0.15, 0.2) is 47.6 Å². The van der Waals surface area contributed by atoms with Crippen LogP contribution in [-0.2, 0) is 9.59 Å². The molecule has 0 fully saturated rings. The lowest BCUT2D eigenvalue weighted by Gasteiger charge is -2.06. The van der Waals surface area contributed by atoms with E-state index in [-0.39, 0.29) is 5.75 Å². The van der Waals surface area contributed by atoms with Crippen molar-refractivity contribution in [2.45, 2.75) is 13.8 Å². The van der Waals surface area contributed by atoms with Crippen molar-refractivity contribution in [3.05, 3.63) is 58.6 Å². The lowest BCUT2D eigenvalue weighted by atomic mass is 10.1. The van der Waals surface area contributed by atoms with Gasteiger partial charge in [-0.05, 0) is 61.4 Å². The van der Waals surface area contributed by atoms with Crippen molar-refractivity contribution in [2.24, 2.45) is 5.10 Å². The maximum Gasteiger partial charge on any atom is 0.329 e. The van der Waals surface area contributed by atoms with E-state index >= 15 is 0 Å². The van der Waals surface area contributed by atoms with E-state index in [0.29, 0.717) is 22.0 Å².